The largest absolute Gasteiger partial charge is 0.743 e. The molecule has 0 aromatic heterocycles. The van der Waals surface area contributed by atoms with Gasteiger partial charge in [-0.15, -0.1) is 0 Å². The number of rotatable bonds is 6. The highest BCUT2D eigenvalue weighted by Gasteiger charge is 2.40. The molecule has 0 aliphatic carbocycles. The molecule has 0 unspecified atom stereocenters. The van der Waals surface area contributed by atoms with E-state index in [0.717, 1.165) is 0 Å². The molecule has 3 rings (SSSR count). The molecule has 0 amide bonds. The van der Waals surface area contributed by atoms with E-state index in [4.69, 9.17) is 0 Å². The Morgan fingerprint density at radius 1 is 0.763 bits per heavy atom. The van der Waals surface area contributed by atoms with Crippen LogP contribution in [0, 0.1) is 5.41 Å². The quantitative estimate of drug-likeness (QED) is 0.187. The van der Waals surface area contributed by atoms with E-state index in [1.807, 2.05) is 0 Å². The second-order valence-electron chi connectivity index (χ2n) is 10.6. The average Bonchev–Trinajstić information content (AvgIpc) is 2.83. The lowest BCUT2D eigenvalue weighted by Crippen LogP contribution is -2.36. The van der Waals surface area contributed by atoms with Gasteiger partial charge in [0.1, 0.15) is 0 Å². The minimum absolute atomic E-state index is 0.0497. The molecule has 0 aliphatic heterocycles. The van der Waals surface area contributed by atoms with Crippen LogP contribution in [-0.2, 0) is 36.0 Å². The highest BCUT2D eigenvalue weighted by Crippen LogP contribution is 2.32. The van der Waals surface area contributed by atoms with Crippen LogP contribution in [0.4, 0.5) is 8.78 Å². The van der Waals surface area contributed by atoms with Gasteiger partial charge in [-0.1, -0.05) is 69.3 Å². The van der Waals surface area contributed by atoms with Gasteiger partial charge in [0.2, 0.25) is 0 Å². The Labute approximate surface area is 227 Å². The van der Waals surface area contributed by atoms with E-state index in [0.29, 0.717) is 0 Å². The third-order valence-corrected chi connectivity index (χ3v) is 8.34. The summed E-state index contributed by atoms with van der Waals surface area (Å²) in [7, 11) is -5.85. The lowest BCUT2D eigenvalue weighted by Gasteiger charge is -2.22. The van der Waals surface area contributed by atoms with Crippen molar-refractivity contribution in [2.24, 2.45) is 5.41 Å². The van der Waals surface area contributed by atoms with Crippen LogP contribution in [0.1, 0.15) is 47.1 Å². The molecule has 0 atom stereocenters. The Morgan fingerprint density at radius 3 is 1.50 bits per heavy atom. The minimum Gasteiger partial charge on any atom is -0.743 e. The molecule has 3 aromatic rings. The third kappa shape index (κ3) is 8.92. The zero-order chi connectivity index (χ0) is 28.8. The molecule has 9 heteroatoms. The fraction of sp³-hybridized carbons (Fsp3) is 0.345. The van der Waals surface area contributed by atoms with Crippen LogP contribution in [0.3, 0.4) is 0 Å². The van der Waals surface area contributed by atoms with Crippen molar-refractivity contribution in [2.75, 3.05) is 6.61 Å². The van der Waals surface area contributed by atoms with E-state index < -0.39 is 33.4 Å². The van der Waals surface area contributed by atoms with Crippen LogP contribution in [-0.4, -0.2) is 30.8 Å². The number of hydrogen-bond donors (Lipinski definition) is 0. The van der Waals surface area contributed by atoms with Gasteiger partial charge in [-0.2, -0.15) is 8.78 Å². The van der Waals surface area contributed by atoms with Crippen LogP contribution in [0.2, 0.25) is 0 Å². The maximum Gasteiger partial charge on any atom is 0.367 e. The number of carbonyl (C=O) groups excluding carboxylic acids is 1. The van der Waals surface area contributed by atoms with Crippen molar-refractivity contribution >= 4 is 27.0 Å². The first-order valence-corrected chi connectivity index (χ1v) is 14.5. The van der Waals surface area contributed by atoms with E-state index in [-0.39, 0.29) is 16.3 Å². The molecule has 3 aromatic carbocycles. The van der Waals surface area contributed by atoms with Gasteiger partial charge >= 0.3 is 11.2 Å². The average molecular weight is 565 g/mol. The molecule has 38 heavy (non-hydrogen) atoms. The highest BCUT2D eigenvalue weighted by atomic mass is 32.2. The van der Waals surface area contributed by atoms with Gasteiger partial charge in [-0.05, 0) is 68.1 Å². The van der Waals surface area contributed by atoms with Gasteiger partial charge in [0.05, 0.1) is 16.3 Å². The summed E-state index contributed by atoms with van der Waals surface area (Å²) < 4.78 is 59.1. The van der Waals surface area contributed by atoms with Gasteiger partial charge < -0.3 is 9.29 Å². The summed E-state index contributed by atoms with van der Waals surface area (Å²) in [4.78, 5) is 15.1. The maximum atomic E-state index is 12.5. The van der Waals surface area contributed by atoms with E-state index in [2.05, 4.69) is 110 Å². The van der Waals surface area contributed by atoms with Crippen LogP contribution in [0.5, 0.6) is 0 Å². The lowest BCUT2D eigenvalue weighted by atomic mass is 9.87. The van der Waals surface area contributed by atoms with Gasteiger partial charge in [0.15, 0.2) is 31.4 Å². The van der Waals surface area contributed by atoms with Crippen LogP contribution in [0.15, 0.2) is 99.6 Å². The monoisotopic (exact) mass is 564 g/mol. The van der Waals surface area contributed by atoms with Crippen LogP contribution >= 0.6 is 0 Å². The Hall–Kier alpha value is -2.75. The van der Waals surface area contributed by atoms with Crippen molar-refractivity contribution in [2.45, 2.75) is 66.9 Å². The zero-order valence-electron chi connectivity index (χ0n) is 22.4. The van der Waals surface area contributed by atoms with Crippen LogP contribution in [0.25, 0.3) is 0 Å². The second kappa shape index (κ2) is 12.4. The van der Waals surface area contributed by atoms with Crippen molar-refractivity contribution in [1.82, 2.24) is 0 Å². The maximum absolute atomic E-state index is 12.5. The SMILES string of the molecule is CC(C)(C)C(=O)OCC(F)(F)S(=O)(=O)[O-].CC(C)(C)c1ccc([S+](c2ccccc2)c2ccccc2)cc1. The summed E-state index contributed by atoms with van der Waals surface area (Å²) in [5.74, 6) is -1.01. The molecule has 0 spiro atoms. The summed E-state index contributed by atoms with van der Waals surface area (Å²) in [6.07, 6.45) is 0. The molecular formula is C29H34F2O5S2. The normalized spacial score (nSPS) is 12.5. The van der Waals surface area contributed by atoms with E-state index >= 15 is 0 Å². The third-order valence-electron chi connectivity index (χ3n) is 5.26. The topological polar surface area (TPSA) is 83.5 Å². The Kier molecular flexibility index (Phi) is 10.3. The van der Waals surface area contributed by atoms with Gasteiger partial charge in [0, 0.05) is 0 Å². The number of halogens is 2. The number of benzene rings is 3. The molecular weight excluding hydrogens is 530 g/mol. The number of esters is 1. The Bertz CT molecular complexity index is 1240. The Balaban J connectivity index is 0.000000296. The summed E-state index contributed by atoms with van der Waals surface area (Å²) in [6.45, 7) is 9.23. The number of carbonyl (C=O) groups is 1. The molecule has 0 heterocycles. The number of hydrogen-bond acceptors (Lipinski definition) is 5. The summed E-state index contributed by atoms with van der Waals surface area (Å²) in [5, 5.41) is -4.59. The van der Waals surface area contributed by atoms with Gasteiger partial charge in [0.25, 0.3) is 0 Å². The first-order chi connectivity index (χ1) is 17.4. The van der Waals surface area contributed by atoms with E-state index in [1.165, 1.54) is 41.0 Å². The molecule has 0 radical (unpaired) electrons. The second-order valence-corrected chi connectivity index (χ2v) is 14.2. The van der Waals surface area contributed by atoms with Crippen molar-refractivity contribution in [3.8, 4) is 0 Å². The molecule has 0 saturated heterocycles. The molecule has 0 N–H and O–H groups in total. The number of alkyl halides is 2. The first-order valence-electron chi connectivity index (χ1n) is 11.9. The Morgan fingerprint density at radius 2 is 1.16 bits per heavy atom. The van der Waals surface area contributed by atoms with E-state index in [1.54, 1.807) is 0 Å². The highest BCUT2D eigenvalue weighted by molar-refractivity contribution is 7.97. The van der Waals surface area contributed by atoms with E-state index in [9.17, 15) is 26.5 Å². The molecule has 0 saturated carbocycles. The summed E-state index contributed by atoms with van der Waals surface area (Å²) in [5.41, 5.74) is 0.533. The zero-order valence-corrected chi connectivity index (χ0v) is 24.0. The lowest BCUT2D eigenvalue weighted by molar-refractivity contribution is -0.158. The molecule has 206 valence electrons. The van der Waals surface area contributed by atoms with Crippen molar-refractivity contribution in [1.29, 1.82) is 0 Å². The number of ether oxygens (including phenoxy) is 1. The van der Waals surface area contributed by atoms with Gasteiger partial charge in [-0.3, -0.25) is 4.79 Å². The molecule has 0 fully saturated rings. The minimum atomic E-state index is -5.80. The van der Waals surface area contributed by atoms with Crippen molar-refractivity contribution < 1.29 is 31.3 Å². The summed E-state index contributed by atoms with van der Waals surface area (Å²) in [6, 6.07) is 30.7. The first kappa shape index (κ1) is 31.5. The van der Waals surface area contributed by atoms with Crippen molar-refractivity contribution in [3.05, 3.63) is 90.5 Å². The standard InChI is InChI=1S/C22H23S.C7H12F2O5S/c1-22(2,3)18-14-16-21(17-15-18)23(19-10-6-4-7-11-19)20-12-8-5-9-13-20;1-6(2,3)5(10)14-4-7(8,9)15(11,12)13/h4-17H,1-3H3;4H2,1-3H3,(H,11,12,13)/q+1;/p-1. The molecule has 0 bridgehead atoms. The fourth-order valence-electron chi connectivity index (χ4n) is 3.05. The van der Waals surface area contributed by atoms with Crippen LogP contribution < -0.4 is 0 Å². The van der Waals surface area contributed by atoms with Crippen molar-refractivity contribution in [3.63, 3.8) is 0 Å². The smallest absolute Gasteiger partial charge is 0.367 e. The predicted molar refractivity (Wildman–Crippen MR) is 145 cm³/mol. The van der Waals surface area contributed by atoms with Gasteiger partial charge in [-0.25, -0.2) is 8.42 Å². The summed E-state index contributed by atoms with van der Waals surface area (Å²) >= 11 is 0. The molecule has 0 aliphatic rings. The molecule has 5 nitrogen and oxygen atoms in total. The predicted octanol–water partition coefficient (Wildman–Crippen LogP) is 6.79. The fourth-order valence-corrected chi connectivity index (χ4v) is 5.34.